The van der Waals surface area contributed by atoms with Crippen LogP contribution >= 0.6 is 0 Å². The van der Waals surface area contributed by atoms with Crippen molar-refractivity contribution in [2.75, 3.05) is 20.2 Å². The molecule has 1 saturated heterocycles. The summed E-state index contributed by atoms with van der Waals surface area (Å²) in [6.07, 6.45) is 0. The van der Waals surface area contributed by atoms with Crippen LogP contribution in [0.15, 0.2) is 30.3 Å². The molecule has 0 aromatic heterocycles. The van der Waals surface area contributed by atoms with Gasteiger partial charge in [0.15, 0.2) is 0 Å². The van der Waals surface area contributed by atoms with E-state index in [-0.39, 0.29) is 18.4 Å². The van der Waals surface area contributed by atoms with E-state index in [2.05, 4.69) is 5.32 Å². The van der Waals surface area contributed by atoms with E-state index < -0.39 is 11.6 Å². The minimum Gasteiger partial charge on any atom is -0.377 e. The second kappa shape index (κ2) is 5.63. The van der Waals surface area contributed by atoms with Gasteiger partial charge in [0, 0.05) is 13.7 Å². The number of carbonyl (C=O) groups is 2. The minimum atomic E-state index is -0.606. The van der Waals surface area contributed by atoms with Crippen molar-refractivity contribution in [2.24, 2.45) is 0 Å². The van der Waals surface area contributed by atoms with Crippen molar-refractivity contribution in [3.8, 4) is 0 Å². The van der Waals surface area contributed by atoms with Crippen LogP contribution in [0.2, 0.25) is 0 Å². The molecule has 1 aliphatic rings. The zero-order valence-electron chi connectivity index (χ0n) is 12.1. The first-order valence-electron chi connectivity index (χ1n) is 6.61. The van der Waals surface area contributed by atoms with E-state index in [1.54, 1.807) is 12.0 Å². The van der Waals surface area contributed by atoms with Gasteiger partial charge in [-0.05, 0) is 19.4 Å². The molecule has 20 heavy (non-hydrogen) atoms. The molecule has 1 fully saturated rings. The standard InChI is InChI=1S/C15H20N2O3/c1-15(2,20-3)10-17-9-12(18)16-13(14(17)19)11-7-5-4-6-8-11/h4-8,13H,9-10H2,1-3H3,(H,16,18). The summed E-state index contributed by atoms with van der Waals surface area (Å²) in [6.45, 7) is 4.25. The zero-order valence-corrected chi connectivity index (χ0v) is 12.1. The van der Waals surface area contributed by atoms with Crippen molar-refractivity contribution in [3.05, 3.63) is 35.9 Å². The summed E-state index contributed by atoms with van der Waals surface area (Å²) in [7, 11) is 1.60. The highest BCUT2D eigenvalue weighted by molar-refractivity contribution is 5.95. The molecule has 108 valence electrons. The number of nitrogens with one attached hydrogen (secondary N) is 1. The average Bonchev–Trinajstić information content (AvgIpc) is 2.43. The van der Waals surface area contributed by atoms with E-state index in [0.29, 0.717) is 6.54 Å². The van der Waals surface area contributed by atoms with Crippen LogP contribution in [0, 0.1) is 0 Å². The molecular weight excluding hydrogens is 256 g/mol. The topological polar surface area (TPSA) is 58.6 Å². The molecule has 1 atom stereocenters. The summed E-state index contributed by atoms with van der Waals surface area (Å²) in [6, 6.07) is 8.66. The highest BCUT2D eigenvalue weighted by atomic mass is 16.5. The van der Waals surface area contributed by atoms with E-state index in [0.717, 1.165) is 5.56 Å². The van der Waals surface area contributed by atoms with Gasteiger partial charge in [0.05, 0.1) is 12.1 Å². The Labute approximate surface area is 118 Å². The highest BCUT2D eigenvalue weighted by Gasteiger charge is 2.36. The van der Waals surface area contributed by atoms with Crippen molar-refractivity contribution in [3.63, 3.8) is 0 Å². The van der Waals surface area contributed by atoms with Gasteiger partial charge >= 0.3 is 0 Å². The quantitative estimate of drug-likeness (QED) is 0.896. The lowest BCUT2D eigenvalue weighted by Crippen LogP contribution is -2.56. The maximum atomic E-state index is 12.5. The number of piperazine rings is 1. The second-order valence-electron chi connectivity index (χ2n) is 5.57. The Morgan fingerprint density at radius 3 is 2.55 bits per heavy atom. The van der Waals surface area contributed by atoms with Gasteiger partial charge in [-0.2, -0.15) is 0 Å². The van der Waals surface area contributed by atoms with E-state index in [9.17, 15) is 9.59 Å². The Balaban J connectivity index is 2.20. The molecule has 0 radical (unpaired) electrons. The van der Waals surface area contributed by atoms with E-state index >= 15 is 0 Å². The van der Waals surface area contributed by atoms with E-state index in [1.807, 2.05) is 44.2 Å². The van der Waals surface area contributed by atoms with Gasteiger partial charge in [-0.15, -0.1) is 0 Å². The number of rotatable bonds is 4. The molecule has 2 rings (SSSR count). The Hall–Kier alpha value is -1.88. The fourth-order valence-corrected chi connectivity index (χ4v) is 2.23. The summed E-state index contributed by atoms with van der Waals surface area (Å²) >= 11 is 0. The lowest BCUT2D eigenvalue weighted by molar-refractivity contribution is -0.147. The van der Waals surface area contributed by atoms with Crippen LogP contribution in [0.5, 0.6) is 0 Å². The molecule has 0 aliphatic carbocycles. The second-order valence-corrected chi connectivity index (χ2v) is 5.57. The van der Waals surface area contributed by atoms with Crippen LogP contribution in [0.1, 0.15) is 25.5 Å². The van der Waals surface area contributed by atoms with E-state index in [1.165, 1.54) is 0 Å². The molecule has 5 nitrogen and oxygen atoms in total. The molecule has 0 bridgehead atoms. The number of hydrogen-bond acceptors (Lipinski definition) is 3. The molecule has 2 amide bonds. The van der Waals surface area contributed by atoms with Gasteiger partial charge in [-0.3, -0.25) is 9.59 Å². The fourth-order valence-electron chi connectivity index (χ4n) is 2.23. The Morgan fingerprint density at radius 1 is 1.30 bits per heavy atom. The number of methoxy groups -OCH3 is 1. The van der Waals surface area contributed by atoms with Gasteiger partial charge in [0.1, 0.15) is 6.04 Å². The van der Waals surface area contributed by atoms with Crippen LogP contribution in [0.4, 0.5) is 0 Å². The van der Waals surface area contributed by atoms with Crippen LogP contribution in [0.3, 0.4) is 0 Å². The molecule has 1 aliphatic heterocycles. The third-order valence-electron chi connectivity index (χ3n) is 3.46. The van der Waals surface area contributed by atoms with Gasteiger partial charge in [0.25, 0.3) is 0 Å². The Kier molecular flexibility index (Phi) is 4.09. The number of ether oxygens (including phenoxy) is 1. The first kappa shape index (κ1) is 14.5. The summed E-state index contributed by atoms with van der Waals surface area (Å²) in [5.74, 6) is -0.244. The number of amides is 2. The Morgan fingerprint density at radius 2 is 1.95 bits per heavy atom. The van der Waals surface area contributed by atoms with Gasteiger partial charge in [-0.25, -0.2) is 0 Å². The molecule has 0 spiro atoms. The number of benzene rings is 1. The third kappa shape index (κ3) is 3.17. The van der Waals surface area contributed by atoms with Crippen LogP contribution in [-0.2, 0) is 14.3 Å². The number of carbonyl (C=O) groups excluding carboxylic acids is 2. The first-order chi connectivity index (χ1) is 9.43. The van der Waals surface area contributed by atoms with E-state index in [4.69, 9.17) is 4.74 Å². The van der Waals surface area contributed by atoms with Crippen molar-refractivity contribution in [1.29, 1.82) is 0 Å². The molecule has 5 heteroatoms. The SMILES string of the molecule is COC(C)(C)CN1CC(=O)NC(c2ccccc2)C1=O. The first-order valence-corrected chi connectivity index (χ1v) is 6.61. The largest absolute Gasteiger partial charge is 0.377 e. The monoisotopic (exact) mass is 276 g/mol. The lowest BCUT2D eigenvalue weighted by atomic mass is 10.0. The molecule has 1 unspecified atom stereocenters. The number of hydrogen-bond donors (Lipinski definition) is 1. The maximum absolute atomic E-state index is 12.5. The van der Waals surface area contributed by atoms with Gasteiger partial charge in [-0.1, -0.05) is 30.3 Å². The smallest absolute Gasteiger partial charge is 0.250 e. The lowest BCUT2D eigenvalue weighted by Gasteiger charge is -2.37. The fraction of sp³-hybridized carbons (Fsp3) is 0.467. The Bertz CT molecular complexity index is 499. The average molecular weight is 276 g/mol. The molecule has 1 heterocycles. The summed E-state index contributed by atoms with van der Waals surface area (Å²) in [4.78, 5) is 25.9. The summed E-state index contributed by atoms with van der Waals surface area (Å²) in [5, 5.41) is 2.75. The van der Waals surface area contributed by atoms with Gasteiger partial charge < -0.3 is 15.0 Å². The van der Waals surface area contributed by atoms with Crippen molar-refractivity contribution in [2.45, 2.75) is 25.5 Å². The van der Waals surface area contributed by atoms with Crippen molar-refractivity contribution < 1.29 is 14.3 Å². The minimum absolute atomic E-state index is 0.0783. The maximum Gasteiger partial charge on any atom is 0.250 e. The molecule has 1 aromatic carbocycles. The van der Waals surface area contributed by atoms with Crippen LogP contribution in [0.25, 0.3) is 0 Å². The highest BCUT2D eigenvalue weighted by Crippen LogP contribution is 2.21. The van der Waals surface area contributed by atoms with Crippen LogP contribution in [-0.4, -0.2) is 42.5 Å². The molecular formula is C15H20N2O3. The predicted octanol–water partition coefficient (Wildman–Crippen LogP) is 1.11. The molecule has 0 saturated carbocycles. The number of nitrogens with zero attached hydrogens (tertiary/aromatic N) is 1. The molecule has 1 aromatic rings. The normalized spacial score (nSPS) is 19.9. The predicted molar refractivity (Wildman–Crippen MR) is 75.0 cm³/mol. The zero-order chi connectivity index (χ0) is 14.8. The summed E-state index contributed by atoms with van der Waals surface area (Å²) in [5.41, 5.74) is 0.319. The van der Waals surface area contributed by atoms with Gasteiger partial charge in [0.2, 0.25) is 11.8 Å². The van der Waals surface area contributed by atoms with Crippen LogP contribution < -0.4 is 5.32 Å². The molecule has 1 N–H and O–H groups in total. The third-order valence-corrected chi connectivity index (χ3v) is 3.46. The van der Waals surface area contributed by atoms with Crippen molar-refractivity contribution >= 4 is 11.8 Å². The van der Waals surface area contributed by atoms with Crippen molar-refractivity contribution in [1.82, 2.24) is 10.2 Å². The summed E-state index contributed by atoms with van der Waals surface area (Å²) < 4.78 is 5.34.